The standard InChI is InChI=1S/C17H20N6O6S/c1-8(24)27-5-10-12(28-9(2)25)13(26-4)15(29-10)22-6-18-11-14(22)20-17-21(3)7-19-23(17)16(11)30/h6-7,10,12-13,15H,5H2,1-4H3/t10-,12-,13-,15-/m1/s1. The number of hydrogen-bond donors (Lipinski definition) is 0. The van der Waals surface area contributed by atoms with Gasteiger partial charge in [0.15, 0.2) is 22.6 Å². The summed E-state index contributed by atoms with van der Waals surface area (Å²) >= 11 is 5.50. The minimum atomic E-state index is -0.799. The monoisotopic (exact) mass is 436 g/mol. The summed E-state index contributed by atoms with van der Waals surface area (Å²) in [5.41, 5.74) is 0.928. The van der Waals surface area contributed by atoms with E-state index in [1.54, 1.807) is 22.5 Å². The molecule has 1 saturated heterocycles. The van der Waals surface area contributed by atoms with Crippen molar-refractivity contribution in [3.05, 3.63) is 17.3 Å². The van der Waals surface area contributed by atoms with Crippen LogP contribution in [0.15, 0.2) is 12.7 Å². The Morgan fingerprint density at radius 3 is 2.67 bits per heavy atom. The van der Waals surface area contributed by atoms with Crippen molar-refractivity contribution in [1.82, 2.24) is 28.7 Å². The van der Waals surface area contributed by atoms with Crippen LogP contribution in [0.2, 0.25) is 0 Å². The average Bonchev–Trinajstić information content (AvgIpc) is 3.36. The largest absolute Gasteiger partial charge is 0.463 e. The second-order valence-electron chi connectivity index (χ2n) is 6.84. The van der Waals surface area contributed by atoms with Gasteiger partial charge in [-0.05, 0) is 0 Å². The van der Waals surface area contributed by atoms with E-state index >= 15 is 0 Å². The summed E-state index contributed by atoms with van der Waals surface area (Å²) in [7, 11) is 3.28. The Labute approximate surface area is 175 Å². The highest BCUT2D eigenvalue weighted by molar-refractivity contribution is 7.71. The predicted molar refractivity (Wildman–Crippen MR) is 103 cm³/mol. The highest BCUT2D eigenvalue weighted by Gasteiger charge is 2.49. The number of imidazole rings is 1. The van der Waals surface area contributed by atoms with Gasteiger partial charge in [-0.25, -0.2) is 4.98 Å². The number of esters is 2. The van der Waals surface area contributed by atoms with Crippen LogP contribution < -0.4 is 0 Å². The van der Waals surface area contributed by atoms with Crippen molar-refractivity contribution in [3.8, 4) is 0 Å². The van der Waals surface area contributed by atoms with Crippen LogP contribution in [-0.2, 0) is 35.6 Å². The number of nitrogens with zero attached hydrogens (tertiary/aromatic N) is 6. The highest BCUT2D eigenvalue weighted by Crippen LogP contribution is 2.35. The third-order valence-electron chi connectivity index (χ3n) is 4.80. The zero-order chi connectivity index (χ0) is 21.6. The van der Waals surface area contributed by atoms with Gasteiger partial charge in [-0.15, -0.1) is 0 Å². The quantitative estimate of drug-likeness (QED) is 0.414. The van der Waals surface area contributed by atoms with Crippen molar-refractivity contribution >= 4 is 41.1 Å². The molecule has 4 atom stereocenters. The highest BCUT2D eigenvalue weighted by atomic mass is 32.1. The molecule has 0 bridgehead atoms. The van der Waals surface area contributed by atoms with E-state index in [-0.39, 0.29) is 6.61 Å². The van der Waals surface area contributed by atoms with Crippen molar-refractivity contribution in [2.45, 2.75) is 38.4 Å². The van der Waals surface area contributed by atoms with Gasteiger partial charge in [-0.2, -0.15) is 14.6 Å². The van der Waals surface area contributed by atoms with Crippen LogP contribution in [0.4, 0.5) is 0 Å². The fraction of sp³-hybridized carbons (Fsp3) is 0.529. The Bertz CT molecular complexity index is 1180. The van der Waals surface area contributed by atoms with Gasteiger partial charge in [0.05, 0.1) is 6.33 Å². The van der Waals surface area contributed by atoms with Crippen molar-refractivity contribution in [2.75, 3.05) is 13.7 Å². The maximum absolute atomic E-state index is 11.7. The Morgan fingerprint density at radius 1 is 1.23 bits per heavy atom. The minimum absolute atomic E-state index is 0.0994. The Kier molecular flexibility index (Phi) is 5.26. The molecule has 4 heterocycles. The van der Waals surface area contributed by atoms with E-state index in [2.05, 4.69) is 15.1 Å². The van der Waals surface area contributed by atoms with Crippen LogP contribution in [0.25, 0.3) is 16.9 Å². The number of rotatable bonds is 5. The second kappa shape index (κ2) is 7.74. The number of hydrogen-bond acceptors (Lipinski definition) is 10. The van der Waals surface area contributed by atoms with Gasteiger partial charge in [0, 0.05) is 28.0 Å². The van der Waals surface area contributed by atoms with Gasteiger partial charge < -0.3 is 23.5 Å². The maximum atomic E-state index is 11.7. The lowest BCUT2D eigenvalue weighted by molar-refractivity contribution is -0.157. The third-order valence-corrected chi connectivity index (χ3v) is 5.16. The molecule has 1 fully saturated rings. The molecule has 0 N–H and O–H groups in total. The molecule has 12 nitrogen and oxygen atoms in total. The molecule has 1 aliphatic heterocycles. The van der Waals surface area contributed by atoms with Crippen LogP contribution in [-0.4, -0.2) is 72.7 Å². The SMILES string of the molecule is CO[C@@H]1[C@H](OC(C)=O)[C@@H](COC(C)=O)O[C@H]1n1cnc2c(=S)n3ncn(C)c3nc21. The first kappa shape index (κ1) is 20.4. The average molecular weight is 436 g/mol. The first-order valence-corrected chi connectivity index (χ1v) is 9.48. The Morgan fingerprint density at radius 2 is 2.00 bits per heavy atom. The van der Waals surface area contributed by atoms with E-state index in [0.29, 0.717) is 21.6 Å². The number of carbonyl (C=O) groups excluding carboxylic acids is 2. The van der Waals surface area contributed by atoms with E-state index < -0.39 is 36.5 Å². The summed E-state index contributed by atoms with van der Waals surface area (Å²) in [6.45, 7) is 2.48. The summed E-state index contributed by atoms with van der Waals surface area (Å²) < 4.78 is 27.5. The van der Waals surface area contributed by atoms with E-state index in [0.717, 1.165) is 0 Å². The number of ether oxygens (including phenoxy) is 4. The lowest BCUT2D eigenvalue weighted by Crippen LogP contribution is -2.39. The normalized spacial score (nSPS) is 23.9. The Balaban J connectivity index is 1.79. The molecule has 160 valence electrons. The fourth-order valence-electron chi connectivity index (χ4n) is 3.50. The lowest BCUT2D eigenvalue weighted by Gasteiger charge is -2.22. The van der Waals surface area contributed by atoms with Crippen molar-refractivity contribution in [1.29, 1.82) is 0 Å². The molecule has 0 saturated carbocycles. The number of methoxy groups -OCH3 is 1. The number of aromatic nitrogens is 6. The number of carbonyl (C=O) groups is 2. The topological polar surface area (TPSA) is 124 Å². The molecule has 3 aromatic rings. The van der Waals surface area contributed by atoms with Crippen molar-refractivity contribution in [2.24, 2.45) is 7.05 Å². The molecular weight excluding hydrogens is 416 g/mol. The van der Waals surface area contributed by atoms with Gasteiger partial charge in [0.2, 0.25) is 5.78 Å². The molecule has 13 heteroatoms. The maximum Gasteiger partial charge on any atom is 0.303 e. The van der Waals surface area contributed by atoms with Crippen LogP contribution in [0.3, 0.4) is 0 Å². The molecule has 0 aliphatic carbocycles. The smallest absolute Gasteiger partial charge is 0.303 e. The number of aryl methyl sites for hydroxylation is 1. The van der Waals surface area contributed by atoms with E-state index in [1.165, 1.54) is 31.8 Å². The summed E-state index contributed by atoms with van der Waals surface area (Å²) in [5.74, 6) is -0.457. The van der Waals surface area contributed by atoms with Crippen LogP contribution in [0.1, 0.15) is 20.1 Å². The molecule has 30 heavy (non-hydrogen) atoms. The summed E-state index contributed by atoms with van der Waals surface area (Å²) in [4.78, 5) is 31.9. The Hall–Kier alpha value is -2.90. The third kappa shape index (κ3) is 3.34. The van der Waals surface area contributed by atoms with Crippen molar-refractivity contribution in [3.63, 3.8) is 0 Å². The van der Waals surface area contributed by atoms with Crippen molar-refractivity contribution < 1.29 is 28.5 Å². The molecule has 0 unspecified atom stereocenters. The first-order valence-electron chi connectivity index (χ1n) is 9.07. The second-order valence-corrected chi connectivity index (χ2v) is 7.22. The number of fused-ring (bicyclic) bond motifs is 2. The molecule has 4 rings (SSSR count). The van der Waals surface area contributed by atoms with E-state index in [4.69, 9.17) is 31.2 Å². The first-order chi connectivity index (χ1) is 14.3. The van der Waals surface area contributed by atoms with Gasteiger partial charge in [0.1, 0.15) is 30.7 Å². The molecule has 0 radical (unpaired) electrons. The fourth-order valence-corrected chi connectivity index (χ4v) is 3.77. The molecular formula is C17H20N6O6S. The summed E-state index contributed by atoms with van der Waals surface area (Å²) in [6, 6.07) is 0. The lowest BCUT2D eigenvalue weighted by atomic mass is 10.1. The van der Waals surface area contributed by atoms with Crippen LogP contribution >= 0.6 is 12.2 Å². The molecule has 0 spiro atoms. The summed E-state index contributed by atoms with van der Waals surface area (Å²) in [6.07, 6.45) is 0.148. The van der Waals surface area contributed by atoms with Crippen LogP contribution in [0, 0.1) is 4.64 Å². The summed E-state index contributed by atoms with van der Waals surface area (Å²) in [5, 5.41) is 4.21. The molecule has 0 aromatic carbocycles. The molecule has 0 amide bonds. The van der Waals surface area contributed by atoms with E-state index in [9.17, 15) is 9.59 Å². The zero-order valence-corrected chi connectivity index (χ0v) is 17.5. The molecule has 1 aliphatic rings. The minimum Gasteiger partial charge on any atom is -0.463 e. The van der Waals surface area contributed by atoms with Gasteiger partial charge in [0.25, 0.3) is 0 Å². The van der Waals surface area contributed by atoms with Gasteiger partial charge >= 0.3 is 11.9 Å². The van der Waals surface area contributed by atoms with Gasteiger partial charge in [-0.1, -0.05) is 12.2 Å². The zero-order valence-electron chi connectivity index (χ0n) is 16.7. The predicted octanol–water partition coefficient (Wildman–Crippen LogP) is 0.554. The molecule has 3 aromatic heterocycles. The van der Waals surface area contributed by atoms with Gasteiger partial charge in [-0.3, -0.25) is 14.2 Å². The van der Waals surface area contributed by atoms with Crippen LogP contribution in [0.5, 0.6) is 0 Å². The van der Waals surface area contributed by atoms with E-state index in [1.807, 2.05) is 0 Å².